The minimum Gasteiger partial charge on any atom is -0.303 e. The van der Waals surface area contributed by atoms with Gasteiger partial charge in [-0.15, -0.1) is 11.3 Å². The molecule has 2 aromatic rings. The number of nitrogens with one attached hydrogen (secondary N) is 1. The van der Waals surface area contributed by atoms with E-state index in [1.54, 1.807) is 19.1 Å². The molecule has 0 saturated carbocycles. The average molecular weight is 285 g/mol. The summed E-state index contributed by atoms with van der Waals surface area (Å²) in [5.41, 5.74) is 0.586. The molecule has 1 aromatic heterocycles. The summed E-state index contributed by atoms with van der Waals surface area (Å²) in [5.74, 6) is 0. The molecular formula is C14H14F3NS. The van der Waals surface area contributed by atoms with Crippen LogP contribution < -0.4 is 5.32 Å². The van der Waals surface area contributed by atoms with Gasteiger partial charge in [-0.2, -0.15) is 13.2 Å². The zero-order valence-electron chi connectivity index (χ0n) is 10.4. The van der Waals surface area contributed by atoms with Crippen molar-refractivity contribution in [2.75, 3.05) is 6.54 Å². The summed E-state index contributed by atoms with van der Waals surface area (Å²) < 4.78 is 39.9. The van der Waals surface area contributed by atoms with Crippen molar-refractivity contribution in [2.24, 2.45) is 0 Å². The number of benzene rings is 1. The Bertz CT molecular complexity index is 586. The predicted octanol–water partition coefficient (Wildman–Crippen LogP) is 4.45. The van der Waals surface area contributed by atoms with Gasteiger partial charge in [0.25, 0.3) is 0 Å². The Kier molecular flexibility index (Phi) is 3.96. The third kappa shape index (κ3) is 2.98. The first-order chi connectivity index (χ1) is 8.93. The molecule has 5 heteroatoms. The molecule has 1 heterocycles. The van der Waals surface area contributed by atoms with E-state index in [1.165, 1.54) is 11.3 Å². The molecule has 0 saturated heterocycles. The zero-order chi connectivity index (χ0) is 14.0. The Balaban J connectivity index is 2.35. The summed E-state index contributed by atoms with van der Waals surface area (Å²) in [4.78, 5) is 0. The van der Waals surface area contributed by atoms with Crippen molar-refractivity contribution < 1.29 is 13.2 Å². The third-order valence-corrected chi connectivity index (χ3v) is 3.79. The van der Waals surface area contributed by atoms with E-state index in [9.17, 15) is 13.2 Å². The lowest BCUT2D eigenvalue weighted by Crippen LogP contribution is -2.42. The van der Waals surface area contributed by atoms with Gasteiger partial charge in [0.15, 0.2) is 0 Å². The maximum absolute atomic E-state index is 13.0. The first-order valence-corrected chi connectivity index (χ1v) is 6.78. The average Bonchev–Trinajstić information content (AvgIpc) is 2.80. The predicted molar refractivity (Wildman–Crippen MR) is 74.4 cm³/mol. The molecule has 102 valence electrons. The van der Waals surface area contributed by atoms with Gasteiger partial charge in [-0.3, -0.25) is 0 Å². The van der Waals surface area contributed by atoms with Crippen LogP contribution in [0.3, 0.4) is 0 Å². The molecule has 0 aliphatic rings. The smallest absolute Gasteiger partial charge is 0.303 e. The van der Waals surface area contributed by atoms with Gasteiger partial charge in [-0.05, 0) is 40.6 Å². The van der Waals surface area contributed by atoms with Crippen molar-refractivity contribution in [3.8, 4) is 0 Å². The molecule has 1 N–H and O–H groups in total. The van der Waals surface area contributed by atoms with E-state index in [-0.39, 0.29) is 12.1 Å². The molecule has 0 fully saturated rings. The number of fused-ring (bicyclic) bond motifs is 1. The molecule has 0 aliphatic carbocycles. The second-order valence-corrected chi connectivity index (χ2v) is 5.18. The molecule has 2 rings (SSSR count). The van der Waals surface area contributed by atoms with E-state index >= 15 is 0 Å². The molecule has 1 atom stereocenters. The number of alkyl halides is 3. The highest BCUT2D eigenvalue weighted by Gasteiger charge is 2.41. The van der Waals surface area contributed by atoms with E-state index in [2.05, 4.69) is 11.9 Å². The number of hydrogen-bond acceptors (Lipinski definition) is 2. The Hall–Kier alpha value is -1.33. The lowest BCUT2D eigenvalue weighted by Gasteiger charge is -2.23. The molecular weight excluding hydrogens is 271 g/mol. The monoisotopic (exact) mass is 285 g/mol. The lowest BCUT2D eigenvalue weighted by molar-refractivity contribution is -0.141. The first-order valence-electron chi connectivity index (χ1n) is 5.90. The van der Waals surface area contributed by atoms with Crippen LogP contribution in [0.25, 0.3) is 15.7 Å². The maximum Gasteiger partial charge on any atom is 0.407 e. The van der Waals surface area contributed by atoms with Gasteiger partial charge in [0.2, 0.25) is 0 Å². The van der Waals surface area contributed by atoms with E-state index in [0.717, 1.165) is 10.1 Å². The zero-order valence-corrected chi connectivity index (χ0v) is 11.2. The Morgan fingerprint density at radius 2 is 2.11 bits per heavy atom. The van der Waals surface area contributed by atoms with Gasteiger partial charge < -0.3 is 5.32 Å². The fraction of sp³-hybridized carbons (Fsp3) is 0.286. The number of thiophene rings is 1. The van der Waals surface area contributed by atoms with Crippen LogP contribution in [0.2, 0.25) is 0 Å². The summed E-state index contributed by atoms with van der Waals surface area (Å²) in [6, 6.07) is 5.52. The van der Waals surface area contributed by atoms with Crippen molar-refractivity contribution in [1.29, 1.82) is 0 Å². The van der Waals surface area contributed by atoms with Gasteiger partial charge >= 0.3 is 6.18 Å². The van der Waals surface area contributed by atoms with E-state index < -0.39 is 12.2 Å². The lowest BCUT2D eigenvalue weighted by atomic mass is 9.99. The first kappa shape index (κ1) is 14.1. The van der Waals surface area contributed by atoms with Crippen LogP contribution in [0.5, 0.6) is 0 Å². The molecule has 0 amide bonds. The van der Waals surface area contributed by atoms with Crippen LogP contribution in [-0.2, 0) is 0 Å². The largest absolute Gasteiger partial charge is 0.407 e. The SMILES string of the molecule is C=C(c1ccc2ccsc2c1)C(NCC)C(F)(F)F. The second kappa shape index (κ2) is 5.35. The quantitative estimate of drug-likeness (QED) is 0.875. The summed E-state index contributed by atoms with van der Waals surface area (Å²) in [6.07, 6.45) is -4.34. The van der Waals surface area contributed by atoms with Crippen LogP contribution in [-0.4, -0.2) is 18.8 Å². The number of halogens is 3. The Labute approximate surface area is 113 Å². The fourth-order valence-corrected chi connectivity index (χ4v) is 2.79. The van der Waals surface area contributed by atoms with Gasteiger partial charge in [0.05, 0.1) is 0 Å². The molecule has 1 nitrogen and oxygen atoms in total. The van der Waals surface area contributed by atoms with Crippen molar-refractivity contribution >= 4 is 27.0 Å². The fourth-order valence-electron chi connectivity index (χ4n) is 1.96. The normalized spacial score (nSPS) is 13.7. The van der Waals surface area contributed by atoms with Gasteiger partial charge in [-0.1, -0.05) is 25.6 Å². The minimum atomic E-state index is -4.34. The van der Waals surface area contributed by atoms with Gasteiger partial charge in [0.1, 0.15) is 6.04 Å². The Morgan fingerprint density at radius 1 is 1.37 bits per heavy atom. The van der Waals surface area contributed by atoms with Crippen LogP contribution in [0.15, 0.2) is 36.2 Å². The van der Waals surface area contributed by atoms with Crippen LogP contribution in [0, 0.1) is 0 Å². The van der Waals surface area contributed by atoms with Crippen LogP contribution in [0.4, 0.5) is 13.2 Å². The molecule has 0 aliphatic heterocycles. The number of rotatable bonds is 4. The topological polar surface area (TPSA) is 12.0 Å². The molecule has 1 aromatic carbocycles. The number of hydrogen-bond donors (Lipinski definition) is 1. The standard InChI is InChI=1S/C14H14F3NS/c1-3-18-13(14(15,16)17)9(2)11-5-4-10-6-7-19-12(10)8-11/h4-8,13,18H,2-3H2,1H3. The van der Waals surface area contributed by atoms with E-state index in [0.29, 0.717) is 5.56 Å². The van der Waals surface area contributed by atoms with Crippen LogP contribution in [0.1, 0.15) is 12.5 Å². The van der Waals surface area contributed by atoms with Crippen molar-refractivity contribution in [1.82, 2.24) is 5.32 Å². The molecule has 0 bridgehead atoms. The van der Waals surface area contributed by atoms with Gasteiger partial charge in [-0.25, -0.2) is 0 Å². The van der Waals surface area contributed by atoms with Crippen LogP contribution >= 0.6 is 11.3 Å². The summed E-state index contributed by atoms with van der Waals surface area (Å²) >= 11 is 1.51. The maximum atomic E-state index is 13.0. The third-order valence-electron chi connectivity index (χ3n) is 2.91. The van der Waals surface area contributed by atoms with Gasteiger partial charge in [0, 0.05) is 4.70 Å². The minimum absolute atomic E-state index is 0.0599. The summed E-state index contributed by atoms with van der Waals surface area (Å²) in [5, 5.41) is 5.40. The van der Waals surface area contributed by atoms with E-state index in [4.69, 9.17) is 0 Å². The highest BCUT2D eigenvalue weighted by molar-refractivity contribution is 7.17. The Morgan fingerprint density at radius 3 is 2.74 bits per heavy atom. The van der Waals surface area contributed by atoms with Crippen molar-refractivity contribution in [2.45, 2.75) is 19.1 Å². The van der Waals surface area contributed by atoms with Crippen molar-refractivity contribution in [3.63, 3.8) is 0 Å². The highest BCUT2D eigenvalue weighted by Crippen LogP contribution is 2.32. The molecule has 0 spiro atoms. The molecule has 19 heavy (non-hydrogen) atoms. The second-order valence-electron chi connectivity index (χ2n) is 4.23. The highest BCUT2D eigenvalue weighted by atomic mass is 32.1. The number of likely N-dealkylation sites (N-methyl/N-ethyl adjacent to an activating group) is 1. The summed E-state index contributed by atoms with van der Waals surface area (Å²) in [7, 11) is 0. The van der Waals surface area contributed by atoms with Crippen molar-refractivity contribution in [3.05, 3.63) is 41.8 Å². The van der Waals surface area contributed by atoms with E-state index in [1.807, 2.05) is 17.5 Å². The molecule has 1 unspecified atom stereocenters. The summed E-state index contributed by atoms with van der Waals surface area (Å²) in [6.45, 7) is 5.51. The molecule has 0 radical (unpaired) electrons.